The highest BCUT2D eigenvalue weighted by atomic mass is 32.2. The van der Waals surface area contributed by atoms with E-state index in [1.807, 2.05) is 22.9 Å². The van der Waals surface area contributed by atoms with Crippen molar-refractivity contribution in [3.05, 3.63) is 41.3 Å². The fraction of sp³-hybridized carbons (Fsp3) is 0.438. The molecule has 7 heteroatoms. The standard InChI is InChI=1S/C16H20N2O4S/c19-16(17-11-13-10-14-6-7-15(13)22-14)18-23(20,21)9-8-12-4-2-1-3-5-12/h1-5,8-9,13-15H,6-7,10-11H2,(H2,17,18,19). The maximum absolute atomic E-state index is 11.9. The van der Waals surface area contributed by atoms with Gasteiger partial charge < -0.3 is 10.1 Å². The van der Waals surface area contributed by atoms with Crippen molar-refractivity contribution in [1.82, 2.24) is 10.0 Å². The van der Waals surface area contributed by atoms with Crippen LogP contribution in [0.25, 0.3) is 6.08 Å². The second kappa shape index (κ2) is 6.72. The van der Waals surface area contributed by atoms with Gasteiger partial charge >= 0.3 is 6.03 Å². The maximum atomic E-state index is 11.9. The lowest BCUT2D eigenvalue weighted by atomic mass is 9.89. The number of carbonyl (C=O) groups excluding carboxylic acids is 1. The van der Waals surface area contributed by atoms with Crippen LogP contribution in [0.1, 0.15) is 24.8 Å². The van der Waals surface area contributed by atoms with E-state index in [0.717, 1.165) is 30.2 Å². The van der Waals surface area contributed by atoms with Crippen LogP contribution in [0.3, 0.4) is 0 Å². The van der Waals surface area contributed by atoms with Gasteiger partial charge in [0.1, 0.15) is 0 Å². The average molecular weight is 336 g/mol. The molecular weight excluding hydrogens is 316 g/mol. The second-order valence-electron chi connectivity index (χ2n) is 5.94. The Kier molecular flexibility index (Phi) is 4.68. The molecule has 2 aliphatic rings. The number of ether oxygens (including phenoxy) is 1. The summed E-state index contributed by atoms with van der Waals surface area (Å²) in [5.41, 5.74) is 0.748. The molecule has 3 atom stereocenters. The van der Waals surface area contributed by atoms with Crippen LogP contribution < -0.4 is 10.0 Å². The third kappa shape index (κ3) is 4.33. The first-order valence-electron chi connectivity index (χ1n) is 7.71. The van der Waals surface area contributed by atoms with Gasteiger partial charge in [-0.05, 0) is 30.9 Å². The van der Waals surface area contributed by atoms with E-state index in [-0.39, 0.29) is 12.0 Å². The van der Waals surface area contributed by atoms with E-state index < -0.39 is 16.1 Å². The fourth-order valence-electron chi connectivity index (χ4n) is 3.11. The minimum absolute atomic E-state index is 0.204. The van der Waals surface area contributed by atoms with Crippen LogP contribution in [0.2, 0.25) is 0 Å². The molecule has 0 radical (unpaired) electrons. The Morgan fingerprint density at radius 1 is 1.26 bits per heavy atom. The topological polar surface area (TPSA) is 84.5 Å². The molecular formula is C16H20N2O4S. The summed E-state index contributed by atoms with van der Waals surface area (Å²) >= 11 is 0. The minimum atomic E-state index is -3.81. The predicted octanol–water partition coefficient (Wildman–Crippen LogP) is 1.85. The van der Waals surface area contributed by atoms with E-state index >= 15 is 0 Å². The molecule has 124 valence electrons. The monoisotopic (exact) mass is 336 g/mol. The zero-order chi connectivity index (χ0) is 16.3. The number of rotatable bonds is 5. The lowest BCUT2D eigenvalue weighted by Gasteiger charge is -2.18. The van der Waals surface area contributed by atoms with Gasteiger partial charge in [-0.15, -0.1) is 0 Å². The molecule has 0 saturated carbocycles. The zero-order valence-electron chi connectivity index (χ0n) is 12.6. The molecule has 1 aromatic rings. The first-order valence-corrected chi connectivity index (χ1v) is 9.26. The van der Waals surface area contributed by atoms with Gasteiger partial charge in [-0.25, -0.2) is 17.9 Å². The molecule has 0 aliphatic carbocycles. The smallest absolute Gasteiger partial charge is 0.328 e. The Labute approximate surface area is 136 Å². The second-order valence-corrected chi connectivity index (χ2v) is 7.51. The summed E-state index contributed by atoms with van der Waals surface area (Å²) in [5, 5.41) is 3.61. The number of urea groups is 1. The lowest BCUT2D eigenvalue weighted by molar-refractivity contribution is 0.0928. The van der Waals surface area contributed by atoms with Crippen LogP contribution in [-0.2, 0) is 14.8 Å². The molecule has 3 unspecified atom stereocenters. The van der Waals surface area contributed by atoms with Crippen molar-refractivity contribution in [2.75, 3.05) is 6.54 Å². The van der Waals surface area contributed by atoms with Crippen molar-refractivity contribution >= 4 is 22.1 Å². The Balaban J connectivity index is 1.47. The molecule has 2 amide bonds. The van der Waals surface area contributed by atoms with Gasteiger partial charge in [-0.3, -0.25) is 0 Å². The van der Waals surface area contributed by atoms with Gasteiger partial charge in [0.15, 0.2) is 0 Å². The first-order chi connectivity index (χ1) is 11.0. The number of amides is 2. The van der Waals surface area contributed by atoms with Gasteiger partial charge in [0.05, 0.1) is 17.6 Å². The molecule has 6 nitrogen and oxygen atoms in total. The van der Waals surface area contributed by atoms with Crippen molar-refractivity contribution in [2.45, 2.75) is 31.5 Å². The fourth-order valence-corrected chi connectivity index (χ4v) is 3.85. The van der Waals surface area contributed by atoms with Crippen molar-refractivity contribution in [3.8, 4) is 0 Å². The lowest BCUT2D eigenvalue weighted by Crippen LogP contribution is -2.42. The summed E-state index contributed by atoms with van der Waals surface area (Å²) in [6.45, 7) is 0.435. The number of fused-ring (bicyclic) bond motifs is 2. The highest BCUT2D eigenvalue weighted by molar-refractivity contribution is 7.93. The Hall–Kier alpha value is -1.86. The molecule has 0 spiro atoms. The molecule has 2 fully saturated rings. The van der Waals surface area contributed by atoms with E-state index in [0.29, 0.717) is 12.6 Å². The van der Waals surface area contributed by atoms with Gasteiger partial charge in [-0.2, -0.15) is 0 Å². The van der Waals surface area contributed by atoms with Crippen LogP contribution >= 0.6 is 0 Å². The summed E-state index contributed by atoms with van der Waals surface area (Å²) in [7, 11) is -3.81. The largest absolute Gasteiger partial charge is 0.375 e. The van der Waals surface area contributed by atoms with E-state index in [2.05, 4.69) is 5.32 Å². The Morgan fingerprint density at radius 2 is 2.04 bits per heavy atom. The normalized spacial score (nSPS) is 26.5. The van der Waals surface area contributed by atoms with Crippen LogP contribution in [0.15, 0.2) is 35.7 Å². The predicted molar refractivity (Wildman–Crippen MR) is 86.9 cm³/mol. The number of hydrogen-bond donors (Lipinski definition) is 2. The summed E-state index contributed by atoms with van der Waals surface area (Å²) < 4.78 is 31.4. The molecule has 2 heterocycles. The first kappa shape index (κ1) is 16.0. The van der Waals surface area contributed by atoms with Crippen LogP contribution in [0.4, 0.5) is 4.79 Å². The number of benzene rings is 1. The van der Waals surface area contributed by atoms with Gasteiger partial charge in [0.25, 0.3) is 10.0 Å². The van der Waals surface area contributed by atoms with Crippen molar-refractivity contribution < 1.29 is 17.9 Å². The number of nitrogens with one attached hydrogen (secondary N) is 2. The highest BCUT2D eigenvalue weighted by Crippen LogP contribution is 2.38. The molecule has 2 aliphatic heterocycles. The van der Waals surface area contributed by atoms with Gasteiger partial charge in [0, 0.05) is 12.5 Å². The average Bonchev–Trinajstić information content (AvgIpc) is 3.14. The number of carbonyl (C=O) groups is 1. The Morgan fingerprint density at radius 3 is 2.70 bits per heavy atom. The summed E-state index contributed by atoms with van der Waals surface area (Å²) in [6, 6.07) is 8.32. The molecule has 23 heavy (non-hydrogen) atoms. The van der Waals surface area contributed by atoms with Crippen molar-refractivity contribution in [3.63, 3.8) is 0 Å². The molecule has 2 saturated heterocycles. The number of hydrogen-bond acceptors (Lipinski definition) is 4. The zero-order valence-corrected chi connectivity index (χ0v) is 13.5. The van der Waals surface area contributed by atoms with Crippen molar-refractivity contribution in [2.24, 2.45) is 5.92 Å². The van der Waals surface area contributed by atoms with Crippen molar-refractivity contribution in [1.29, 1.82) is 0 Å². The van der Waals surface area contributed by atoms with E-state index in [1.54, 1.807) is 12.1 Å². The summed E-state index contributed by atoms with van der Waals surface area (Å²) in [4.78, 5) is 11.8. The van der Waals surface area contributed by atoms with Crippen LogP contribution in [0, 0.1) is 5.92 Å². The maximum Gasteiger partial charge on any atom is 0.328 e. The molecule has 0 aromatic heterocycles. The van der Waals surface area contributed by atoms with E-state index in [9.17, 15) is 13.2 Å². The molecule has 2 bridgehead atoms. The van der Waals surface area contributed by atoms with E-state index in [1.165, 1.54) is 6.08 Å². The van der Waals surface area contributed by atoms with Crippen LogP contribution in [-0.4, -0.2) is 33.2 Å². The summed E-state index contributed by atoms with van der Waals surface area (Å²) in [5.74, 6) is 0.280. The molecule has 3 rings (SSSR count). The van der Waals surface area contributed by atoms with Crippen LogP contribution in [0.5, 0.6) is 0 Å². The van der Waals surface area contributed by atoms with E-state index in [4.69, 9.17) is 4.74 Å². The Bertz CT molecular complexity index is 687. The minimum Gasteiger partial charge on any atom is -0.375 e. The molecule has 1 aromatic carbocycles. The van der Waals surface area contributed by atoms with Gasteiger partial charge in [0.2, 0.25) is 0 Å². The molecule has 2 N–H and O–H groups in total. The summed E-state index contributed by atoms with van der Waals surface area (Å²) in [6.07, 6.45) is 5.01. The SMILES string of the molecule is O=C(NCC1CC2CCC1O2)NS(=O)(=O)C=Cc1ccccc1. The quantitative estimate of drug-likeness (QED) is 0.859. The van der Waals surface area contributed by atoms with Gasteiger partial charge in [-0.1, -0.05) is 30.3 Å². The third-order valence-electron chi connectivity index (χ3n) is 4.23. The number of sulfonamides is 1. The highest BCUT2D eigenvalue weighted by Gasteiger charge is 2.40. The third-order valence-corrected chi connectivity index (χ3v) is 5.20.